The lowest BCUT2D eigenvalue weighted by Gasteiger charge is -2.33. The van der Waals surface area contributed by atoms with Crippen molar-refractivity contribution in [2.75, 3.05) is 9.80 Å². The molecule has 0 saturated carbocycles. The molecule has 11 aromatic rings. The molecule has 0 spiro atoms. The molecular formula is C60H40N2O4. The summed E-state index contributed by atoms with van der Waals surface area (Å²) in [6, 6.07) is 60.6. The summed E-state index contributed by atoms with van der Waals surface area (Å²) in [5, 5.41) is 3.84. The van der Waals surface area contributed by atoms with Gasteiger partial charge >= 0.3 is 0 Å². The van der Waals surface area contributed by atoms with Crippen molar-refractivity contribution in [1.29, 1.82) is 0 Å². The van der Waals surface area contributed by atoms with E-state index in [9.17, 15) is 0 Å². The fourth-order valence-corrected chi connectivity index (χ4v) is 11.8. The average molecular weight is 853 g/mol. The summed E-state index contributed by atoms with van der Waals surface area (Å²) in [6.45, 7) is 9.27. The highest BCUT2D eigenvalue weighted by Crippen LogP contribution is 2.58. The van der Waals surface area contributed by atoms with E-state index in [1.165, 1.54) is 44.5 Å². The molecule has 0 unspecified atom stereocenters. The van der Waals surface area contributed by atoms with Crippen LogP contribution in [0.5, 0.6) is 23.0 Å². The smallest absolute Gasteiger partial charge is 0.152 e. The van der Waals surface area contributed by atoms with Gasteiger partial charge in [-0.15, -0.1) is 0 Å². The molecule has 0 saturated heterocycles. The lowest BCUT2D eigenvalue weighted by Crippen LogP contribution is -2.17. The standard InChI is InChI=1S/C60H40N2O4/c1-59(2)43-15-7-5-13-35(43)37-25-33(21-23-45(37)59)61-47-17-9-11-19-51(47)63-57-29-41-39-27-54-40(28-53(39)65-55(41)31-49(57)61)42-30-58-50(32-56(42)66-54)62(48-18-10-12-20-52(48)64-58)34-22-24-46-38(26-34)36-14-6-8-16-44(36)60(46,3)4/h5-32H,1-4H3. The molecule has 6 nitrogen and oxygen atoms in total. The monoisotopic (exact) mass is 852 g/mol. The van der Waals surface area contributed by atoms with E-state index in [0.29, 0.717) is 0 Å². The number of fused-ring (bicyclic) bond motifs is 16. The van der Waals surface area contributed by atoms with E-state index >= 15 is 0 Å². The molecule has 0 atom stereocenters. The van der Waals surface area contributed by atoms with Crippen LogP contribution >= 0.6 is 0 Å². The Kier molecular flexibility index (Phi) is 6.75. The fourth-order valence-electron chi connectivity index (χ4n) is 11.8. The zero-order valence-corrected chi connectivity index (χ0v) is 36.7. The molecule has 6 heteroatoms. The first kappa shape index (κ1) is 36.2. The number of anilines is 6. The molecule has 2 aliphatic heterocycles. The van der Waals surface area contributed by atoms with E-state index < -0.39 is 0 Å². The van der Waals surface area contributed by atoms with Crippen LogP contribution in [-0.4, -0.2) is 0 Å². The summed E-state index contributed by atoms with van der Waals surface area (Å²) in [5.41, 5.74) is 19.3. The minimum absolute atomic E-state index is 0.0809. The number of hydrogen-bond donors (Lipinski definition) is 0. The Bertz CT molecular complexity index is 3720. The quantitative estimate of drug-likeness (QED) is 0.173. The van der Waals surface area contributed by atoms with Gasteiger partial charge in [0, 0.05) is 55.9 Å². The van der Waals surface area contributed by atoms with Crippen LogP contribution in [0.4, 0.5) is 34.1 Å². The minimum Gasteiger partial charge on any atom is -0.456 e. The van der Waals surface area contributed by atoms with E-state index in [-0.39, 0.29) is 10.8 Å². The van der Waals surface area contributed by atoms with Crippen LogP contribution in [0.2, 0.25) is 0 Å². The Hall–Kier alpha value is -8.22. The van der Waals surface area contributed by atoms with Crippen LogP contribution in [0.3, 0.4) is 0 Å². The van der Waals surface area contributed by atoms with Crippen LogP contribution in [0.1, 0.15) is 49.9 Å². The lowest BCUT2D eigenvalue weighted by molar-refractivity contribution is 0.477. The highest BCUT2D eigenvalue weighted by Gasteiger charge is 2.38. The second kappa shape index (κ2) is 12.3. The third kappa shape index (κ3) is 4.65. The van der Waals surface area contributed by atoms with Crippen LogP contribution in [0.15, 0.2) is 179 Å². The van der Waals surface area contributed by atoms with E-state index in [1.54, 1.807) is 0 Å². The molecule has 0 radical (unpaired) electrons. The van der Waals surface area contributed by atoms with Crippen molar-refractivity contribution in [3.05, 3.63) is 192 Å². The zero-order valence-electron chi connectivity index (χ0n) is 36.7. The normalized spacial score (nSPS) is 15.4. The number of ether oxygens (including phenoxy) is 2. The van der Waals surface area contributed by atoms with E-state index in [1.807, 2.05) is 24.3 Å². The number of rotatable bonds is 2. The molecule has 0 bridgehead atoms. The first-order valence-corrected chi connectivity index (χ1v) is 22.7. The van der Waals surface area contributed by atoms with Gasteiger partial charge in [0.1, 0.15) is 22.3 Å². The summed E-state index contributed by atoms with van der Waals surface area (Å²) in [7, 11) is 0. The van der Waals surface area contributed by atoms with Gasteiger partial charge in [-0.1, -0.05) is 113 Å². The molecule has 4 aliphatic rings. The molecule has 15 rings (SSSR count). The molecule has 4 heterocycles. The maximum atomic E-state index is 6.81. The summed E-state index contributed by atoms with van der Waals surface area (Å²) in [4.78, 5) is 4.61. The van der Waals surface area contributed by atoms with Gasteiger partial charge in [0.25, 0.3) is 0 Å². The molecule has 0 N–H and O–H groups in total. The largest absolute Gasteiger partial charge is 0.456 e. The second-order valence-electron chi connectivity index (χ2n) is 19.3. The third-order valence-electron chi connectivity index (χ3n) is 15.0. The van der Waals surface area contributed by atoms with Crippen molar-refractivity contribution in [2.45, 2.75) is 38.5 Å². The maximum absolute atomic E-state index is 6.81. The summed E-state index contributed by atoms with van der Waals surface area (Å²) < 4.78 is 27.1. The van der Waals surface area contributed by atoms with Gasteiger partial charge in [-0.25, -0.2) is 0 Å². The lowest BCUT2D eigenvalue weighted by atomic mass is 9.82. The molecule has 66 heavy (non-hydrogen) atoms. The molecule has 0 amide bonds. The van der Waals surface area contributed by atoms with Crippen molar-refractivity contribution < 1.29 is 18.3 Å². The van der Waals surface area contributed by atoms with Crippen LogP contribution in [0.25, 0.3) is 66.1 Å². The number of nitrogens with zero attached hydrogens (tertiary/aromatic N) is 2. The summed E-state index contributed by atoms with van der Waals surface area (Å²) in [5.74, 6) is 3.12. The molecule has 0 fully saturated rings. The maximum Gasteiger partial charge on any atom is 0.152 e. The van der Waals surface area contributed by atoms with Gasteiger partial charge in [-0.2, -0.15) is 0 Å². The number of benzene rings is 9. The van der Waals surface area contributed by atoms with Crippen molar-refractivity contribution in [1.82, 2.24) is 0 Å². The van der Waals surface area contributed by atoms with Gasteiger partial charge in [-0.05, 0) is 117 Å². The Labute approximate surface area is 380 Å². The van der Waals surface area contributed by atoms with Crippen LogP contribution in [0, 0.1) is 0 Å². The minimum atomic E-state index is -0.0809. The third-order valence-corrected chi connectivity index (χ3v) is 15.0. The Balaban J connectivity index is 0.869. The predicted molar refractivity (Wildman–Crippen MR) is 266 cm³/mol. The molecule has 314 valence electrons. The fraction of sp³-hybridized carbons (Fsp3) is 0.100. The highest BCUT2D eigenvalue weighted by atomic mass is 16.5. The van der Waals surface area contributed by atoms with Gasteiger partial charge < -0.3 is 28.1 Å². The average Bonchev–Trinajstić information content (AvgIpc) is 4.01. The highest BCUT2D eigenvalue weighted by molar-refractivity contribution is 6.16. The SMILES string of the molecule is CC1(C)c2ccccc2-c2cc(N3c4ccccc4Oc4cc5c(cc43)oc3cc4c(cc35)oc3cc5c(cc34)Oc3ccccc3N5c3ccc4c(c3)-c3ccccc3C4(C)C)ccc21. The van der Waals surface area contributed by atoms with Crippen LogP contribution in [-0.2, 0) is 10.8 Å². The Morgan fingerprint density at radius 3 is 1.17 bits per heavy atom. The molecule has 2 aromatic heterocycles. The van der Waals surface area contributed by atoms with Gasteiger partial charge in [0.15, 0.2) is 23.0 Å². The van der Waals surface area contributed by atoms with Gasteiger partial charge in [0.05, 0.1) is 22.7 Å². The number of furan rings is 2. The van der Waals surface area contributed by atoms with Gasteiger partial charge in [-0.3, -0.25) is 0 Å². The van der Waals surface area contributed by atoms with Crippen molar-refractivity contribution in [3.8, 4) is 45.3 Å². The summed E-state index contributed by atoms with van der Waals surface area (Å²) >= 11 is 0. The molecule has 2 aliphatic carbocycles. The predicted octanol–water partition coefficient (Wildman–Crippen LogP) is 17.2. The zero-order chi connectivity index (χ0) is 43.8. The van der Waals surface area contributed by atoms with Crippen molar-refractivity contribution in [3.63, 3.8) is 0 Å². The van der Waals surface area contributed by atoms with E-state index in [2.05, 4.69) is 183 Å². The van der Waals surface area contributed by atoms with E-state index in [4.69, 9.17) is 18.3 Å². The first-order chi connectivity index (χ1) is 32.2. The summed E-state index contributed by atoms with van der Waals surface area (Å²) in [6.07, 6.45) is 0. The number of hydrogen-bond acceptors (Lipinski definition) is 6. The first-order valence-electron chi connectivity index (χ1n) is 22.7. The Morgan fingerprint density at radius 1 is 0.318 bits per heavy atom. The number of para-hydroxylation sites is 4. The molecular weight excluding hydrogens is 813 g/mol. The van der Waals surface area contributed by atoms with Crippen molar-refractivity contribution >= 4 is 78.0 Å². The Morgan fingerprint density at radius 2 is 0.697 bits per heavy atom. The molecule has 9 aromatic carbocycles. The topological polar surface area (TPSA) is 51.2 Å². The van der Waals surface area contributed by atoms with Crippen LogP contribution < -0.4 is 19.3 Å². The second-order valence-corrected chi connectivity index (χ2v) is 19.3. The van der Waals surface area contributed by atoms with Crippen molar-refractivity contribution in [2.24, 2.45) is 0 Å². The van der Waals surface area contributed by atoms with Gasteiger partial charge in [0.2, 0.25) is 0 Å². The van der Waals surface area contributed by atoms with E-state index in [0.717, 1.165) is 101 Å².